The first-order valence-electron chi connectivity index (χ1n) is 12.1. The zero-order valence-electron chi connectivity index (χ0n) is 22.0. The van der Waals surface area contributed by atoms with Gasteiger partial charge >= 0.3 is 5.69 Å². The second-order valence-corrected chi connectivity index (χ2v) is 8.77. The number of carbonyl (C=O) groups excluding carboxylic acids is 1. The Balaban J connectivity index is 1.42. The number of amides is 1. The topological polar surface area (TPSA) is 114 Å². The molecule has 0 atom stereocenters. The lowest BCUT2D eigenvalue weighted by atomic mass is 10.1. The Hall–Kier alpha value is -5.52. The van der Waals surface area contributed by atoms with Crippen molar-refractivity contribution in [1.82, 2.24) is 14.1 Å². The summed E-state index contributed by atoms with van der Waals surface area (Å²) in [6.07, 6.45) is 2.56. The van der Waals surface area contributed by atoms with E-state index in [2.05, 4.69) is 10.3 Å². The van der Waals surface area contributed by atoms with Gasteiger partial charge in [-0.15, -0.1) is 0 Å². The van der Waals surface area contributed by atoms with Crippen LogP contribution in [0.15, 0.2) is 82.6 Å². The fraction of sp³-hybridized carbons (Fsp3) is 0.103. The number of pyridine rings is 1. The van der Waals surface area contributed by atoms with Gasteiger partial charge in [-0.25, -0.2) is 13.6 Å². The van der Waals surface area contributed by atoms with Gasteiger partial charge < -0.3 is 19.5 Å². The number of fused-ring (bicyclic) bond motifs is 1. The van der Waals surface area contributed by atoms with Crippen molar-refractivity contribution in [3.05, 3.63) is 111 Å². The minimum atomic E-state index is -0.879. The van der Waals surface area contributed by atoms with E-state index in [9.17, 15) is 18.8 Å². The summed E-state index contributed by atoms with van der Waals surface area (Å²) in [5.74, 6) is -1.11. The van der Waals surface area contributed by atoms with Crippen molar-refractivity contribution in [1.29, 1.82) is 0 Å². The molecule has 2 heterocycles. The molecule has 0 radical (unpaired) electrons. The molecule has 3 aromatic carbocycles. The normalized spacial score (nSPS) is 10.9. The summed E-state index contributed by atoms with van der Waals surface area (Å²) in [6.45, 7) is 0. The van der Waals surface area contributed by atoms with Crippen molar-refractivity contribution in [3.8, 4) is 28.7 Å². The van der Waals surface area contributed by atoms with E-state index in [1.54, 1.807) is 18.2 Å². The van der Waals surface area contributed by atoms with Crippen LogP contribution < -0.4 is 30.8 Å². The molecule has 5 rings (SSSR count). The molecule has 0 aliphatic heterocycles. The third-order valence-corrected chi connectivity index (χ3v) is 6.25. The van der Waals surface area contributed by atoms with Crippen molar-refractivity contribution in [2.24, 2.45) is 7.05 Å². The maximum Gasteiger partial charge on any atom is 0.335 e. The molecule has 0 spiro atoms. The smallest absolute Gasteiger partial charge is 0.335 e. The lowest BCUT2D eigenvalue weighted by Crippen LogP contribution is -2.41. The third-order valence-electron chi connectivity index (χ3n) is 6.25. The number of anilines is 1. The van der Waals surface area contributed by atoms with Crippen molar-refractivity contribution in [3.63, 3.8) is 0 Å². The predicted octanol–water partition coefficient (Wildman–Crippen LogP) is 4.42. The van der Waals surface area contributed by atoms with Crippen LogP contribution in [0.5, 0.6) is 23.0 Å². The molecular weight excluding hydrogens is 538 g/mol. The average Bonchev–Trinajstić information content (AvgIpc) is 2.97. The number of nitrogens with one attached hydrogen (secondary N) is 1. The van der Waals surface area contributed by atoms with Crippen molar-refractivity contribution < 1.29 is 27.8 Å². The minimum Gasteiger partial charge on any atom is -0.493 e. The molecule has 12 heteroatoms. The van der Waals surface area contributed by atoms with Gasteiger partial charge in [0.05, 0.1) is 25.4 Å². The number of hydrogen-bond donors (Lipinski definition) is 1. The number of carbonyl (C=O) groups is 1. The molecular formula is C29H22F2N4O6. The van der Waals surface area contributed by atoms with Gasteiger partial charge in [-0.1, -0.05) is 0 Å². The highest BCUT2D eigenvalue weighted by Crippen LogP contribution is 2.37. The number of aromatic nitrogens is 3. The monoisotopic (exact) mass is 560 g/mol. The Morgan fingerprint density at radius 1 is 0.878 bits per heavy atom. The van der Waals surface area contributed by atoms with E-state index in [-0.39, 0.29) is 22.7 Å². The molecule has 208 valence electrons. The van der Waals surface area contributed by atoms with E-state index < -0.39 is 28.8 Å². The van der Waals surface area contributed by atoms with Crippen molar-refractivity contribution >= 4 is 22.5 Å². The number of nitrogens with zero attached hydrogens (tertiary/aromatic N) is 3. The maximum atomic E-state index is 15.1. The van der Waals surface area contributed by atoms with E-state index in [4.69, 9.17) is 14.2 Å². The largest absolute Gasteiger partial charge is 0.493 e. The first kappa shape index (κ1) is 27.1. The van der Waals surface area contributed by atoms with Crippen LogP contribution in [0.4, 0.5) is 14.5 Å². The summed E-state index contributed by atoms with van der Waals surface area (Å²) in [4.78, 5) is 42.6. The molecule has 0 unspecified atom stereocenters. The van der Waals surface area contributed by atoms with E-state index in [0.29, 0.717) is 28.2 Å². The number of methoxy groups -OCH3 is 2. The van der Waals surface area contributed by atoms with Gasteiger partial charge in [0.25, 0.3) is 11.5 Å². The minimum absolute atomic E-state index is 0.0347. The molecule has 0 bridgehead atoms. The molecule has 1 amide bonds. The highest BCUT2D eigenvalue weighted by molar-refractivity contribution is 6.03. The first-order valence-corrected chi connectivity index (χ1v) is 12.1. The third kappa shape index (κ3) is 5.22. The maximum absolute atomic E-state index is 15.1. The van der Waals surface area contributed by atoms with Crippen LogP contribution >= 0.6 is 0 Å². The number of rotatable bonds is 7. The summed E-state index contributed by atoms with van der Waals surface area (Å²) < 4.78 is 46.7. The second kappa shape index (κ2) is 10.9. The zero-order valence-corrected chi connectivity index (χ0v) is 22.0. The number of benzene rings is 3. The van der Waals surface area contributed by atoms with Gasteiger partial charge in [-0.05, 0) is 48.5 Å². The second-order valence-electron chi connectivity index (χ2n) is 8.77. The van der Waals surface area contributed by atoms with E-state index in [1.807, 2.05) is 0 Å². The highest BCUT2D eigenvalue weighted by Gasteiger charge is 2.18. The van der Waals surface area contributed by atoms with Crippen molar-refractivity contribution in [2.75, 3.05) is 19.5 Å². The number of halogens is 2. The van der Waals surface area contributed by atoms with Gasteiger partial charge in [-0.2, -0.15) is 0 Å². The fourth-order valence-electron chi connectivity index (χ4n) is 4.13. The molecule has 0 fully saturated rings. The summed E-state index contributed by atoms with van der Waals surface area (Å²) in [5.41, 5.74) is -1.16. The van der Waals surface area contributed by atoms with Gasteiger partial charge in [0.2, 0.25) is 0 Å². The van der Waals surface area contributed by atoms with Gasteiger partial charge in [0, 0.05) is 42.6 Å². The van der Waals surface area contributed by atoms with Crippen molar-refractivity contribution in [2.45, 2.75) is 0 Å². The number of hydrogen-bond acceptors (Lipinski definition) is 7. The highest BCUT2D eigenvalue weighted by atomic mass is 19.1. The Morgan fingerprint density at radius 3 is 2.27 bits per heavy atom. The molecule has 2 aromatic heterocycles. The predicted molar refractivity (Wildman–Crippen MR) is 147 cm³/mol. The molecule has 0 saturated heterocycles. The molecule has 0 aliphatic carbocycles. The summed E-state index contributed by atoms with van der Waals surface area (Å²) in [5, 5.41) is 3.01. The van der Waals surface area contributed by atoms with Gasteiger partial charge in [0.1, 0.15) is 17.1 Å². The number of ether oxygens (including phenoxy) is 3. The summed E-state index contributed by atoms with van der Waals surface area (Å²) >= 11 is 0. The quantitative estimate of drug-likeness (QED) is 0.313. The molecule has 10 nitrogen and oxygen atoms in total. The van der Waals surface area contributed by atoms with Gasteiger partial charge in [0.15, 0.2) is 23.1 Å². The summed E-state index contributed by atoms with van der Waals surface area (Å²) in [6, 6.07) is 13.6. The van der Waals surface area contributed by atoms with E-state index >= 15 is 4.39 Å². The molecule has 0 aliphatic rings. The zero-order chi connectivity index (χ0) is 29.3. The van der Waals surface area contributed by atoms with Gasteiger partial charge in [-0.3, -0.25) is 23.7 Å². The van der Waals surface area contributed by atoms with Crippen LogP contribution in [0.3, 0.4) is 0 Å². The van der Waals surface area contributed by atoms with Crippen LogP contribution in [-0.4, -0.2) is 34.2 Å². The Labute approximate surface area is 231 Å². The van der Waals surface area contributed by atoms with Crippen LogP contribution in [0, 0.1) is 11.6 Å². The van der Waals surface area contributed by atoms with E-state index in [1.165, 1.54) is 51.7 Å². The molecule has 5 aromatic rings. The molecule has 0 saturated carbocycles. The van der Waals surface area contributed by atoms with Crippen LogP contribution in [0.25, 0.3) is 16.6 Å². The lowest BCUT2D eigenvalue weighted by molar-refractivity contribution is 0.102. The Morgan fingerprint density at radius 2 is 1.59 bits per heavy atom. The Bertz CT molecular complexity index is 1920. The standard InChI is InChI=1S/C29H22F2N4O6/c1-34-28(37)20(15-35(29(34)38)18-7-4-16(30)5-8-18)27(36)33-17-6-9-24(21(31)12-17)41-23-10-11-32-22-14-26(40-3)25(39-2)13-19(22)23/h4-15H,1-3H3,(H,33,36). The van der Waals surface area contributed by atoms with Crippen LogP contribution in [0.2, 0.25) is 0 Å². The SMILES string of the molecule is COc1cc2nccc(Oc3ccc(NC(=O)c4cn(-c5ccc(F)cc5)c(=O)n(C)c4=O)cc3F)c2cc1OC. The molecule has 1 N–H and O–H groups in total. The Kier molecular flexibility index (Phi) is 7.21. The van der Waals surface area contributed by atoms with Crippen LogP contribution in [0.1, 0.15) is 10.4 Å². The van der Waals surface area contributed by atoms with Crippen LogP contribution in [-0.2, 0) is 7.05 Å². The fourth-order valence-corrected chi connectivity index (χ4v) is 4.13. The lowest BCUT2D eigenvalue weighted by Gasteiger charge is -2.13. The first-order chi connectivity index (χ1) is 19.7. The van der Waals surface area contributed by atoms with E-state index in [0.717, 1.165) is 33.5 Å². The molecule has 41 heavy (non-hydrogen) atoms. The summed E-state index contributed by atoms with van der Waals surface area (Å²) in [7, 11) is 4.20. The average molecular weight is 561 g/mol.